The molecule has 0 N–H and O–H groups in total. The van der Waals surface area contributed by atoms with Gasteiger partial charge in [-0.15, -0.1) is 0 Å². The molecule has 4 aromatic carbocycles. The molecule has 2 heterocycles. The number of nitrogens with zero attached hydrogens (tertiary/aromatic N) is 2. The van der Waals surface area contributed by atoms with E-state index in [1.807, 2.05) is 6.20 Å². The van der Waals surface area contributed by atoms with Crippen molar-refractivity contribution in [3.63, 3.8) is 0 Å². The van der Waals surface area contributed by atoms with Gasteiger partial charge in [0.1, 0.15) is 0 Å². The number of rotatable bonds is 3. The van der Waals surface area contributed by atoms with E-state index >= 15 is 0 Å². The molecule has 0 amide bonds. The Labute approximate surface area is 222 Å². The van der Waals surface area contributed by atoms with E-state index in [2.05, 4.69) is 134 Å². The van der Waals surface area contributed by atoms with Crippen LogP contribution in [0.4, 0.5) is 0 Å². The first-order valence-corrected chi connectivity index (χ1v) is 20.5. The van der Waals surface area contributed by atoms with Gasteiger partial charge in [0.25, 0.3) is 0 Å². The third-order valence-corrected chi connectivity index (χ3v) is 11.8. The first kappa shape index (κ1) is 24.0. The fraction of sp³-hybridized carbons (Fsp3) is 0.206. The van der Waals surface area contributed by atoms with Crippen molar-refractivity contribution < 1.29 is 0 Å². The Morgan fingerprint density at radius 3 is 2.16 bits per heavy atom. The summed E-state index contributed by atoms with van der Waals surface area (Å²) >= 11 is -2.03. The van der Waals surface area contributed by atoms with Gasteiger partial charge in [-0.1, -0.05) is 0 Å². The SMILES string of the molecule is CC(C)(C)c1cc(-c2nccc3c4cc[c]([Ge]([CH3])([CH3])[CH3])cc4n(-c4ccccc4)c23)cc2ccccc12. The summed E-state index contributed by atoms with van der Waals surface area (Å²) in [5.74, 6) is 7.40. The fourth-order valence-electron chi connectivity index (χ4n) is 5.55. The molecule has 0 aliphatic heterocycles. The molecule has 0 atom stereocenters. The van der Waals surface area contributed by atoms with Gasteiger partial charge in [-0.25, -0.2) is 0 Å². The van der Waals surface area contributed by atoms with Crippen LogP contribution in [0, 0.1) is 0 Å². The van der Waals surface area contributed by atoms with Crippen LogP contribution in [0.25, 0.3) is 49.5 Å². The first-order valence-electron chi connectivity index (χ1n) is 13.2. The van der Waals surface area contributed by atoms with E-state index < -0.39 is 13.3 Å². The third-order valence-electron chi connectivity index (χ3n) is 7.50. The summed E-state index contributed by atoms with van der Waals surface area (Å²) in [5, 5.41) is 5.11. The van der Waals surface area contributed by atoms with E-state index in [1.165, 1.54) is 53.8 Å². The van der Waals surface area contributed by atoms with Crippen molar-refractivity contribution in [1.29, 1.82) is 0 Å². The van der Waals surface area contributed by atoms with Crippen LogP contribution in [0.3, 0.4) is 0 Å². The van der Waals surface area contributed by atoms with Crippen LogP contribution in [0.15, 0.2) is 97.2 Å². The normalized spacial score (nSPS) is 12.6. The standard InChI is InChI=1S/C34H34GeN2/c1-34(2,3)30-21-24(20-23-12-10-11-15-27(23)30)32-33-29(18-19-36-32)28-17-16-25(35(4,5)6)22-31(28)37(33)26-13-8-7-9-14-26/h7-22H,1-6H3. The molecular formula is C34H34GeN2. The summed E-state index contributed by atoms with van der Waals surface area (Å²) in [6.07, 6.45) is 1.98. The summed E-state index contributed by atoms with van der Waals surface area (Å²) in [6, 6.07) is 33.5. The Balaban J connectivity index is 1.76. The molecule has 37 heavy (non-hydrogen) atoms. The minimum atomic E-state index is -2.03. The zero-order valence-electron chi connectivity index (χ0n) is 22.6. The Morgan fingerprint density at radius 1 is 0.703 bits per heavy atom. The van der Waals surface area contributed by atoms with Gasteiger partial charge in [0.05, 0.1) is 0 Å². The molecular weight excluding hydrogens is 509 g/mol. The van der Waals surface area contributed by atoms with Gasteiger partial charge in [0.2, 0.25) is 0 Å². The van der Waals surface area contributed by atoms with Gasteiger partial charge in [-0.3, -0.25) is 0 Å². The van der Waals surface area contributed by atoms with Gasteiger partial charge < -0.3 is 0 Å². The molecule has 2 nitrogen and oxygen atoms in total. The van der Waals surface area contributed by atoms with Crippen molar-refractivity contribution in [2.24, 2.45) is 0 Å². The van der Waals surface area contributed by atoms with Gasteiger partial charge in [-0.2, -0.15) is 0 Å². The number of pyridine rings is 1. The second-order valence-corrected chi connectivity index (χ2v) is 22.9. The second-order valence-electron chi connectivity index (χ2n) is 12.2. The maximum absolute atomic E-state index is 5.05. The van der Waals surface area contributed by atoms with E-state index in [9.17, 15) is 0 Å². The number of benzene rings is 4. The second kappa shape index (κ2) is 8.60. The molecule has 0 radical (unpaired) electrons. The van der Waals surface area contributed by atoms with Crippen LogP contribution in [0.2, 0.25) is 17.3 Å². The van der Waals surface area contributed by atoms with Crippen LogP contribution >= 0.6 is 0 Å². The minimum absolute atomic E-state index is 0.0174. The number of para-hydroxylation sites is 1. The van der Waals surface area contributed by atoms with Gasteiger partial charge >= 0.3 is 223 Å². The zero-order valence-corrected chi connectivity index (χ0v) is 24.7. The predicted octanol–water partition coefficient (Wildman–Crippen LogP) is 8.84. The van der Waals surface area contributed by atoms with Crippen LogP contribution in [0.1, 0.15) is 26.3 Å². The molecule has 0 spiro atoms. The number of hydrogen-bond donors (Lipinski definition) is 0. The van der Waals surface area contributed by atoms with E-state index in [4.69, 9.17) is 4.98 Å². The van der Waals surface area contributed by atoms with Crippen molar-refractivity contribution >= 4 is 50.2 Å². The predicted molar refractivity (Wildman–Crippen MR) is 163 cm³/mol. The molecule has 184 valence electrons. The first-order chi connectivity index (χ1) is 17.6. The Hall–Kier alpha value is -3.37. The Morgan fingerprint density at radius 2 is 1.43 bits per heavy atom. The van der Waals surface area contributed by atoms with E-state index in [-0.39, 0.29) is 5.41 Å². The zero-order chi connectivity index (χ0) is 25.9. The molecule has 3 heteroatoms. The number of hydrogen-bond acceptors (Lipinski definition) is 1. The van der Waals surface area contributed by atoms with Crippen molar-refractivity contribution in [3.05, 3.63) is 103 Å². The number of aromatic nitrogens is 2. The molecule has 0 unspecified atom stereocenters. The van der Waals surface area contributed by atoms with Crippen molar-refractivity contribution in [2.75, 3.05) is 0 Å². The van der Waals surface area contributed by atoms with Gasteiger partial charge in [-0.05, 0) is 0 Å². The maximum atomic E-state index is 5.05. The third kappa shape index (κ3) is 4.08. The average Bonchev–Trinajstić information content (AvgIpc) is 3.21. The van der Waals surface area contributed by atoms with Crippen LogP contribution in [0.5, 0.6) is 0 Å². The summed E-state index contributed by atoms with van der Waals surface area (Å²) in [5.41, 5.74) is 7.19. The molecule has 0 saturated heterocycles. The van der Waals surface area contributed by atoms with Crippen LogP contribution < -0.4 is 4.40 Å². The average molecular weight is 543 g/mol. The fourth-order valence-corrected chi connectivity index (χ4v) is 7.97. The van der Waals surface area contributed by atoms with E-state index in [1.54, 1.807) is 0 Å². The molecule has 2 aromatic heterocycles. The Bertz CT molecular complexity index is 1780. The van der Waals surface area contributed by atoms with Crippen molar-refractivity contribution in [3.8, 4) is 16.9 Å². The van der Waals surface area contributed by atoms with Crippen LogP contribution in [-0.2, 0) is 5.41 Å². The summed E-state index contributed by atoms with van der Waals surface area (Å²) in [6.45, 7) is 6.90. The molecule has 0 aliphatic carbocycles. The van der Waals surface area contributed by atoms with Crippen molar-refractivity contribution in [1.82, 2.24) is 9.55 Å². The molecule has 0 aliphatic rings. The molecule has 6 aromatic rings. The summed E-state index contributed by atoms with van der Waals surface area (Å²) in [4.78, 5) is 5.05. The van der Waals surface area contributed by atoms with E-state index in [0.717, 1.165) is 5.69 Å². The van der Waals surface area contributed by atoms with Gasteiger partial charge in [0, 0.05) is 0 Å². The molecule has 0 saturated carbocycles. The van der Waals surface area contributed by atoms with E-state index in [0.29, 0.717) is 0 Å². The number of fused-ring (bicyclic) bond motifs is 4. The quantitative estimate of drug-likeness (QED) is 0.204. The van der Waals surface area contributed by atoms with Gasteiger partial charge in [0.15, 0.2) is 0 Å². The van der Waals surface area contributed by atoms with Crippen molar-refractivity contribution in [2.45, 2.75) is 43.5 Å². The monoisotopic (exact) mass is 544 g/mol. The summed E-state index contributed by atoms with van der Waals surface area (Å²) in [7, 11) is 0. The topological polar surface area (TPSA) is 17.8 Å². The molecule has 6 rings (SSSR count). The molecule has 0 bridgehead atoms. The Kier molecular flexibility index (Phi) is 5.58. The molecule has 0 fully saturated rings. The van der Waals surface area contributed by atoms with Crippen LogP contribution in [-0.4, -0.2) is 22.8 Å². The summed E-state index contributed by atoms with van der Waals surface area (Å²) < 4.78 is 3.96.